The Kier molecular flexibility index (Phi) is 5.47. The molecule has 1 aliphatic heterocycles. The Hall–Kier alpha value is -1.11. The van der Waals surface area contributed by atoms with Crippen LogP contribution in [0.2, 0.25) is 5.02 Å². The summed E-state index contributed by atoms with van der Waals surface area (Å²) in [6.07, 6.45) is 1.24. The van der Waals surface area contributed by atoms with Gasteiger partial charge in [0.25, 0.3) is 0 Å². The molecule has 1 N–H and O–H groups in total. The molecule has 1 heterocycles. The summed E-state index contributed by atoms with van der Waals surface area (Å²) in [6, 6.07) is 5.40. The van der Waals surface area contributed by atoms with Gasteiger partial charge in [0.05, 0.1) is 4.90 Å². The van der Waals surface area contributed by atoms with Gasteiger partial charge in [-0.25, -0.2) is 8.42 Å². The molecule has 0 bridgehead atoms. The first kappa shape index (κ1) is 17.2. The van der Waals surface area contributed by atoms with E-state index in [1.54, 1.807) is 12.1 Å². The second kappa shape index (κ2) is 6.98. The second-order valence-electron chi connectivity index (χ2n) is 5.87. The van der Waals surface area contributed by atoms with Crippen LogP contribution in [0, 0.1) is 5.92 Å². The first-order chi connectivity index (χ1) is 10.3. The van der Waals surface area contributed by atoms with Crippen molar-refractivity contribution < 1.29 is 13.2 Å². The lowest BCUT2D eigenvalue weighted by atomic mass is 10.2. The van der Waals surface area contributed by atoms with Gasteiger partial charge < -0.3 is 5.32 Å². The molecule has 0 unspecified atom stereocenters. The number of benzene rings is 1. The van der Waals surface area contributed by atoms with Crippen molar-refractivity contribution in [1.82, 2.24) is 9.62 Å². The predicted molar refractivity (Wildman–Crippen MR) is 86.2 cm³/mol. The van der Waals surface area contributed by atoms with Gasteiger partial charge in [-0.15, -0.1) is 0 Å². The topological polar surface area (TPSA) is 66.5 Å². The van der Waals surface area contributed by atoms with Crippen LogP contribution in [0.15, 0.2) is 29.2 Å². The van der Waals surface area contributed by atoms with Crippen molar-refractivity contribution in [3.05, 3.63) is 29.3 Å². The van der Waals surface area contributed by atoms with E-state index >= 15 is 0 Å². The molecule has 0 radical (unpaired) electrons. The minimum absolute atomic E-state index is 0.167. The molecule has 1 atom stereocenters. The molecule has 5 nitrogen and oxygen atoms in total. The number of carbonyl (C=O) groups is 1. The van der Waals surface area contributed by atoms with Crippen molar-refractivity contribution in [2.75, 3.05) is 13.1 Å². The molecule has 1 aliphatic rings. The highest BCUT2D eigenvalue weighted by atomic mass is 35.5. The van der Waals surface area contributed by atoms with E-state index in [1.165, 1.54) is 16.4 Å². The Balaban J connectivity index is 2.18. The Morgan fingerprint density at radius 2 is 2.00 bits per heavy atom. The number of nitrogens with zero attached hydrogens (tertiary/aromatic N) is 1. The molecule has 122 valence electrons. The number of hydrogen-bond acceptors (Lipinski definition) is 3. The fourth-order valence-corrected chi connectivity index (χ4v) is 4.24. The van der Waals surface area contributed by atoms with E-state index < -0.39 is 16.1 Å². The van der Waals surface area contributed by atoms with Crippen LogP contribution in [0.25, 0.3) is 0 Å². The summed E-state index contributed by atoms with van der Waals surface area (Å²) in [5.41, 5.74) is 0. The fourth-order valence-electron chi connectivity index (χ4n) is 2.45. The maximum Gasteiger partial charge on any atom is 0.243 e. The minimum Gasteiger partial charge on any atom is -0.354 e. The molecule has 1 aromatic rings. The smallest absolute Gasteiger partial charge is 0.243 e. The molecule has 7 heteroatoms. The zero-order chi connectivity index (χ0) is 16.3. The van der Waals surface area contributed by atoms with E-state index in [-0.39, 0.29) is 10.8 Å². The van der Waals surface area contributed by atoms with Crippen molar-refractivity contribution in [3.63, 3.8) is 0 Å². The quantitative estimate of drug-likeness (QED) is 0.891. The monoisotopic (exact) mass is 344 g/mol. The van der Waals surface area contributed by atoms with Crippen molar-refractivity contribution in [2.45, 2.75) is 37.6 Å². The van der Waals surface area contributed by atoms with Crippen molar-refractivity contribution in [3.8, 4) is 0 Å². The Morgan fingerprint density at radius 3 is 2.59 bits per heavy atom. The van der Waals surface area contributed by atoms with E-state index in [1.807, 2.05) is 13.8 Å². The van der Waals surface area contributed by atoms with Gasteiger partial charge in [0.2, 0.25) is 15.9 Å². The van der Waals surface area contributed by atoms with Crippen molar-refractivity contribution in [1.29, 1.82) is 0 Å². The molecule has 0 aromatic heterocycles. The molecule has 0 saturated carbocycles. The van der Waals surface area contributed by atoms with Gasteiger partial charge in [0.15, 0.2) is 0 Å². The lowest BCUT2D eigenvalue weighted by Crippen LogP contribution is -2.46. The van der Waals surface area contributed by atoms with Gasteiger partial charge in [-0.3, -0.25) is 4.79 Å². The molecule has 0 aliphatic carbocycles. The number of rotatable bonds is 5. The highest BCUT2D eigenvalue weighted by Crippen LogP contribution is 2.27. The van der Waals surface area contributed by atoms with Crippen LogP contribution >= 0.6 is 11.6 Å². The third kappa shape index (κ3) is 3.80. The first-order valence-electron chi connectivity index (χ1n) is 7.37. The standard InChI is InChI=1S/C15H21ClN2O3S/c1-11(2)10-17-15(19)14-4-3-9-18(14)22(20,21)13-7-5-12(16)6-8-13/h5-8,11,14H,3-4,9-10H2,1-2H3,(H,17,19)/t14-/m1/s1. The van der Waals surface area contributed by atoms with Gasteiger partial charge in [0, 0.05) is 18.1 Å². The third-order valence-corrected chi connectivity index (χ3v) is 5.79. The second-order valence-corrected chi connectivity index (χ2v) is 8.19. The van der Waals surface area contributed by atoms with Gasteiger partial charge >= 0.3 is 0 Å². The maximum atomic E-state index is 12.7. The number of halogens is 1. The van der Waals surface area contributed by atoms with Crippen LogP contribution in [0.1, 0.15) is 26.7 Å². The van der Waals surface area contributed by atoms with Crippen LogP contribution in [0.3, 0.4) is 0 Å². The van der Waals surface area contributed by atoms with Gasteiger partial charge in [-0.1, -0.05) is 25.4 Å². The van der Waals surface area contributed by atoms with E-state index in [4.69, 9.17) is 11.6 Å². The van der Waals surface area contributed by atoms with Crippen LogP contribution in [0.5, 0.6) is 0 Å². The molecule has 1 aromatic carbocycles. The largest absolute Gasteiger partial charge is 0.354 e. The number of sulfonamides is 1. The molecular weight excluding hydrogens is 324 g/mol. The number of carbonyl (C=O) groups excluding carboxylic acids is 1. The average Bonchev–Trinajstić information content (AvgIpc) is 2.95. The minimum atomic E-state index is -3.67. The van der Waals surface area contributed by atoms with Crippen LogP contribution in [-0.4, -0.2) is 37.8 Å². The zero-order valence-electron chi connectivity index (χ0n) is 12.8. The van der Waals surface area contributed by atoms with Gasteiger partial charge in [-0.2, -0.15) is 4.31 Å². The van der Waals surface area contributed by atoms with Gasteiger partial charge in [-0.05, 0) is 43.0 Å². The number of nitrogens with one attached hydrogen (secondary N) is 1. The molecule has 1 fully saturated rings. The molecule has 0 spiro atoms. The summed E-state index contributed by atoms with van der Waals surface area (Å²) in [5, 5.41) is 3.30. The summed E-state index contributed by atoms with van der Waals surface area (Å²) in [6.45, 7) is 4.91. The summed E-state index contributed by atoms with van der Waals surface area (Å²) in [5.74, 6) is 0.107. The first-order valence-corrected chi connectivity index (χ1v) is 9.19. The Labute approximate surface area is 136 Å². The van der Waals surface area contributed by atoms with E-state index in [2.05, 4.69) is 5.32 Å². The fraction of sp³-hybridized carbons (Fsp3) is 0.533. The van der Waals surface area contributed by atoms with Crippen LogP contribution < -0.4 is 5.32 Å². The highest BCUT2D eigenvalue weighted by Gasteiger charge is 2.39. The zero-order valence-corrected chi connectivity index (χ0v) is 14.3. The van der Waals surface area contributed by atoms with Gasteiger partial charge in [0.1, 0.15) is 6.04 Å². The Morgan fingerprint density at radius 1 is 1.36 bits per heavy atom. The lowest BCUT2D eigenvalue weighted by Gasteiger charge is -2.23. The Bertz CT molecular complexity index is 629. The summed E-state index contributed by atoms with van der Waals surface area (Å²) >= 11 is 5.80. The maximum absolute atomic E-state index is 12.7. The molecule has 1 saturated heterocycles. The van der Waals surface area contributed by atoms with E-state index in [9.17, 15) is 13.2 Å². The average molecular weight is 345 g/mol. The summed E-state index contributed by atoms with van der Waals surface area (Å²) < 4.78 is 26.7. The van der Waals surface area contributed by atoms with E-state index in [0.29, 0.717) is 36.9 Å². The van der Waals surface area contributed by atoms with Crippen LogP contribution in [0.4, 0.5) is 0 Å². The lowest BCUT2D eigenvalue weighted by molar-refractivity contribution is -0.124. The number of amides is 1. The SMILES string of the molecule is CC(C)CNC(=O)[C@H]1CCCN1S(=O)(=O)c1ccc(Cl)cc1. The highest BCUT2D eigenvalue weighted by molar-refractivity contribution is 7.89. The third-order valence-electron chi connectivity index (χ3n) is 3.61. The molecule has 1 amide bonds. The number of hydrogen-bond donors (Lipinski definition) is 1. The normalized spacial score (nSPS) is 19.5. The summed E-state index contributed by atoms with van der Waals surface area (Å²) in [7, 11) is -3.67. The molecule has 2 rings (SSSR count). The van der Waals surface area contributed by atoms with Crippen molar-refractivity contribution >= 4 is 27.5 Å². The van der Waals surface area contributed by atoms with E-state index in [0.717, 1.165) is 0 Å². The van der Waals surface area contributed by atoms with Crippen LogP contribution in [-0.2, 0) is 14.8 Å². The molecular formula is C15H21ClN2O3S. The molecule has 22 heavy (non-hydrogen) atoms. The predicted octanol–water partition coefficient (Wildman–Crippen LogP) is 2.27. The van der Waals surface area contributed by atoms with Crippen molar-refractivity contribution in [2.24, 2.45) is 5.92 Å². The summed E-state index contributed by atoms with van der Waals surface area (Å²) in [4.78, 5) is 12.4.